The van der Waals surface area contributed by atoms with Crippen molar-refractivity contribution in [1.29, 1.82) is 0 Å². The Morgan fingerprint density at radius 1 is 1.00 bits per heavy atom. The van der Waals surface area contributed by atoms with Crippen LogP contribution in [0, 0.1) is 0 Å². The lowest BCUT2D eigenvalue weighted by atomic mass is 10.1. The first-order valence-corrected chi connectivity index (χ1v) is 8.49. The van der Waals surface area contributed by atoms with Gasteiger partial charge >= 0.3 is 0 Å². The van der Waals surface area contributed by atoms with Crippen molar-refractivity contribution in [1.82, 2.24) is 9.78 Å². The molecule has 0 aliphatic heterocycles. The van der Waals surface area contributed by atoms with E-state index in [2.05, 4.69) is 5.10 Å². The Kier molecular flexibility index (Phi) is 5.57. The van der Waals surface area contributed by atoms with E-state index in [-0.39, 0.29) is 17.9 Å². The van der Waals surface area contributed by atoms with Gasteiger partial charge < -0.3 is 9.47 Å². The molecule has 0 aliphatic rings. The van der Waals surface area contributed by atoms with E-state index < -0.39 is 0 Å². The summed E-state index contributed by atoms with van der Waals surface area (Å²) >= 11 is 5.84. The van der Waals surface area contributed by atoms with Crippen molar-refractivity contribution in [2.45, 2.75) is 6.54 Å². The molecular formula is C20H17ClN2O4. The summed E-state index contributed by atoms with van der Waals surface area (Å²) in [5, 5.41) is 4.86. The molecule has 1 heterocycles. The quantitative estimate of drug-likeness (QED) is 0.609. The fourth-order valence-electron chi connectivity index (χ4n) is 2.57. The number of halogens is 1. The zero-order valence-corrected chi connectivity index (χ0v) is 15.6. The number of nitrogens with zero attached hydrogens (tertiary/aromatic N) is 2. The van der Waals surface area contributed by atoms with E-state index >= 15 is 0 Å². The van der Waals surface area contributed by atoms with E-state index in [1.165, 1.54) is 6.07 Å². The monoisotopic (exact) mass is 384 g/mol. The number of methoxy groups -OCH3 is 2. The van der Waals surface area contributed by atoms with Gasteiger partial charge in [0.1, 0.15) is 6.54 Å². The Labute approximate surface area is 160 Å². The number of hydrogen-bond donors (Lipinski definition) is 0. The van der Waals surface area contributed by atoms with Crippen LogP contribution in [0.3, 0.4) is 0 Å². The number of carbonyl (C=O) groups is 1. The summed E-state index contributed by atoms with van der Waals surface area (Å²) in [6, 6.07) is 14.8. The molecule has 0 radical (unpaired) electrons. The molecule has 3 rings (SSSR count). The minimum atomic E-state index is -0.360. The molecule has 7 heteroatoms. The average Bonchev–Trinajstić information content (AvgIpc) is 2.69. The lowest BCUT2D eigenvalue weighted by Gasteiger charge is -2.10. The van der Waals surface area contributed by atoms with E-state index in [9.17, 15) is 9.59 Å². The smallest absolute Gasteiger partial charge is 0.267 e. The van der Waals surface area contributed by atoms with Crippen molar-refractivity contribution >= 4 is 17.4 Å². The Hall–Kier alpha value is -3.12. The fraction of sp³-hybridized carbons (Fsp3) is 0.150. The molecule has 0 aliphatic carbocycles. The van der Waals surface area contributed by atoms with Crippen LogP contribution in [-0.2, 0) is 6.54 Å². The molecule has 0 atom stereocenters. The number of ether oxygens (including phenoxy) is 2. The van der Waals surface area contributed by atoms with E-state index in [1.807, 2.05) is 0 Å². The molecule has 0 spiro atoms. The molecule has 0 fully saturated rings. The number of benzene rings is 2. The van der Waals surface area contributed by atoms with Crippen LogP contribution in [0.4, 0.5) is 0 Å². The maximum atomic E-state index is 12.4. The van der Waals surface area contributed by atoms with Crippen LogP contribution in [-0.4, -0.2) is 29.8 Å². The molecular weight excluding hydrogens is 368 g/mol. The van der Waals surface area contributed by atoms with Crippen LogP contribution < -0.4 is 15.0 Å². The average molecular weight is 385 g/mol. The Bertz CT molecular complexity index is 1030. The first-order chi connectivity index (χ1) is 13.0. The van der Waals surface area contributed by atoms with Gasteiger partial charge in [-0.25, -0.2) is 4.68 Å². The second kappa shape index (κ2) is 8.05. The first kappa shape index (κ1) is 18.7. The Balaban J connectivity index is 1.91. The molecule has 0 unspecified atom stereocenters. The normalized spacial score (nSPS) is 10.5. The largest absolute Gasteiger partial charge is 0.493 e. The van der Waals surface area contributed by atoms with Gasteiger partial charge in [0.2, 0.25) is 0 Å². The van der Waals surface area contributed by atoms with Gasteiger partial charge in [-0.1, -0.05) is 11.6 Å². The molecule has 0 saturated carbocycles. The topological polar surface area (TPSA) is 70.4 Å². The molecule has 27 heavy (non-hydrogen) atoms. The van der Waals surface area contributed by atoms with E-state index in [0.29, 0.717) is 27.8 Å². The van der Waals surface area contributed by atoms with Gasteiger partial charge in [0.25, 0.3) is 5.56 Å². The lowest BCUT2D eigenvalue weighted by Crippen LogP contribution is -2.26. The molecule has 1 aromatic heterocycles. The Morgan fingerprint density at radius 3 is 2.37 bits per heavy atom. The molecule has 0 N–H and O–H groups in total. The van der Waals surface area contributed by atoms with Crippen molar-refractivity contribution in [3.8, 4) is 22.8 Å². The van der Waals surface area contributed by atoms with Gasteiger partial charge in [-0.05, 0) is 48.5 Å². The van der Waals surface area contributed by atoms with Gasteiger partial charge in [0.05, 0.1) is 19.9 Å². The Morgan fingerprint density at radius 2 is 1.70 bits per heavy atom. The minimum Gasteiger partial charge on any atom is -0.493 e. The van der Waals surface area contributed by atoms with Crippen molar-refractivity contribution in [2.24, 2.45) is 0 Å². The number of Topliss-reactive ketones (excluding diaryl/α,β-unsaturated/α-hetero) is 1. The van der Waals surface area contributed by atoms with Gasteiger partial charge in [0, 0.05) is 22.2 Å². The molecule has 3 aromatic rings. The zero-order chi connectivity index (χ0) is 19.4. The van der Waals surface area contributed by atoms with Crippen molar-refractivity contribution in [3.63, 3.8) is 0 Å². The SMILES string of the molecule is COc1ccc(-c2ccc(=O)n(CC(=O)c3ccc(Cl)cc3)n2)cc1OC. The summed E-state index contributed by atoms with van der Waals surface area (Å²) in [4.78, 5) is 24.6. The zero-order valence-electron chi connectivity index (χ0n) is 14.8. The third-order valence-electron chi connectivity index (χ3n) is 4.01. The predicted molar refractivity (Wildman–Crippen MR) is 103 cm³/mol. The number of ketones is 1. The van der Waals surface area contributed by atoms with E-state index in [0.717, 1.165) is 10.2 Å². The van der Waals surface area contributed by atoms with Gasteiger partial charge in [-0.3, -0.25) is 9.59 Å². The van der Waals surface area contributed by atoms with Crippen LogP contribution in [0.2, 0.25) is 5.02 Å². The molecule has 2 aromatic carbocycles. The third-order valence-corrected chi connectivity index (χ3v) is 4.26. The van der Waals surface area contributed by atoms with Gasteiger partial charge in [0.15, 0.2) is 17.3 Å². The van der Waals surface area contributed by atoms with Crippen LogP contribution in [0.25, 0.3) is 11.3 Å². The molecule has 0 bridgehead atoms. The molecule has 6 nitrogen and oxygen atoms in total. The highest BCUT2D eigenvalue weighted by Gasteiger charge is 2.12. The lowest BCUT2D eigenvalue weighted by molar-refractivity contribution is 0.0966. The maximum Gasteiger partial charge on any atom is 0.267 e. The molecule has 0 saturated heterocycles. The number of rotatable bonds is 6. The summed E-state index contributed by atoms with van der Waals surface area (Å²) in [6.45, 7) is -0.165. The van der Waals surface area contributed by atoms with Crippen molar-refractivity contribution < 1.29 is 14.3 Å². The fourth-order valence-corrected chi connectivity index (χ4v) is 2.70. The number of hydrogen-bond acceptors (Lipinski definition) is 5. The number of carbonyl (C=O) groups excluding carboxylic acids is 1. The number of aromatic nitrogens is 2. The highest BCUT2D eigenvalue weighted by Crippen LogP contribution is 2.31. The maximum absolute atomic E-state index is 12.4. The van der Waals surface area contributed by atoms with Gasteiger partial charge in [-0.2, -0.15) is 5.10 Å². The molecule has 0 amide bonds. The van der Waals surface area contributed by atoms with E-state index in [4.69, 9.17) is 21.1 Å². The van der Waals surface area contributed by atoms with Crippen LogP contribution in [0.1, 0.15) is 10.4 Å². The highest BCUT2D eigenvalue weighted by atomic mass is 35.5. The van der Waals surface area contributed by atoms with Gasteiger partial charge in [-0.15, -0.1) is 0 Å². The third kappa shape index (κ3) is 4.17. The minimum absolute atomic E-state index is 0.165. The highest BCUT2D eigenvalue weighted by molar-refractivity contribution is 6.30. The second-order valence-corrected chi connectivity index (χ2v) is 6.15. The standard InChI is InChI=1S/C20H17ClN2O4/c1-26-18-9-5-14(11-19(18)27-2)16-8-10-20(25)23(22-16)12-17(24)13-3-6-15(21)7-4-13/h3-11H,12H2,1-2H3. The first-order valence-electron chi connectivity index (χ1n) is 8.11. The summed E-state index contributed by atoms with van der Waals surface area (Å²) < 4.78 is 11.7. The van der Waals surface area contributed by atoms with E-state index in [1.54, 1.807) is 62.8 Å². The van der Waals surface area contributed by atoms with Crippen LogP contribution in [0.5, 0.6) is 11.5 Å². The summed E-state index contributed by atoms with van der Waals surface area (Å²) in [5.74, 6) is 0.907. The predicted octanol–water partition coefficient (Wildman–Crippen LogP) is 3.46. The van der Waals surface area contributed by atoms with Crippen molar-refractivity contribution in [2.75, 3.05) is 14.2 Å². The molecule has 138 valence electrons. The van der Waals surface area contributed by atoms with Crippen LogP contribution in [0.15, 0.2) is 59.4 Å². The van der Waals surface area contributed by atoms with Crippen LogP contribution >= 0.6 is 11.6 Å². The van der Waals surface area contributed by atoms with Crippen molar-refractivity contribution in [3.05, 3.63) is 75.5 Å². The summed E-state index contributed by atoms with van der Waals surface area (Å²) in [7, 11) is 3.10. The summed E-state index contributed by atoms with van der Waals surface area (Å²) in [6.07, 6.45) is 0. The second-order valence-electron chi connectivity index (χ2n) is 5.71. The summed E-state index contributed by atoms with van der Waals surface area (Å²) in [5.41, 5.74) is 1.38.